The van der Waals surface area contributed by atoms with Gasteiger partial charge in [0, 0.05) is 25.2 Å². The minimum atomic E-state index is 0.596. The van der Waals surface area contributed by atoms with E-state index in [0.717, 1.165) is 36.0 Å². The lowest BCUT2D eigenvalue weighted by Gasteiger charge is -2.27. The second-order valence-electron chi connectivity index (χ2n) is 4.49. The molecule has 100 valence electrons. The summed E-state index contributed by atoms with van der Waals surface area (Å²) in [6.07, 6.45) is 2.35. The van der Waals surface area contributed by atoms with Gasteiger partial charge in [-0.15, -0.1) is 0 Å². The molecule has 1 aliphatic heterocycles. The molecule has 0 aliphatic carbocycles. The first-order valence-electron chi connectivity index (χ1n) is 6.70. The third-order valence-electron chi connectivity index (χ3n) is 3.20. The molecule has 0 saturated heterocycles. The summed E-state index contributed by atoms with van der Waals surface area (Å²) in [6, 6.07) is 3.88. The van der Waals surface area contributed by atoms with Gasteiger partial charge in [0.2, 0.25) is 0 Å². The Kier molecular flexibility index (Phi) is 4.18. The first-order chi connectivity index (χ1) is 8.76. The minimum absolute atomic E-state index is 0.596. The van der Waals surface area contributed by atoms with Gasteiger partial charge in [-0.05, 0) is 13.3 Å². The average molecular weight is 250 g/mol. The Morgan fingerprint density at radius 1 is 1.17 bits per heavy atom. The summed E-state index contributed by atoms with van der Waals surface area (Å²) in [5.41, 5.74) is 7.93. The zero-order chi connectivity index (χ0) is 13.0. The molecule has 0 spiro atoms. The van der Waals surface area contributed by atoms with E-state index in [1.165, 1.54) is 12.8 Å². The molecule has 0 bridgehead atoms. The van der Waals surface area contributed by atoms with Crippen LogP contribution in [0, 0.1) is 0 Å². The van der Waals surface area contributed by atoms with E-state index in [9.17, 15) is 0 Å². The first kappa shape index (κ1) is 12.9. The molecule has 1 aromatic rings. The lowest BCUT2D eigenvalue weighted by atomic mass is 10.2. The number of unbranched alkanes of at least 4 members (excludes halogenated alkanes) is 1. The van der Waals surface area contributed by atoms with E-state index >= 15 is 0 Å². The molecule has 2 N–H and O–H groups in total. The normalized spacial score (nSPS) is 13.4. The van der Waals surface area contributed by atoms with E-state index in [4.69, 9.17) is 15.2 Å². The van der Waals surface area contributed by atoms with E-state index in [2.05, 4.69) is 18.7 Å². The topological polar surface area (TPSA) is 47.7 Å². The third-order valence-corrected chi connectivity index (χ3v) is 3.20. The second-order valence-corrected chi connectivity index (χ2v) is 4.49. The average Bonchev–Trinajstić information content (AvgIpc) is 2.40. The summed E-state index contributed by atoms with van der Waals surface area (Å²) >= 11 is 0. The van der Waals surface area contributed by atoms with Gasteiger partial charge in [0.25, 0.3) is 0 Å². The summed E-state index contributed by atoms with van der Waals surface area (Å²) in [4.78, 5) is 2.29. The molecule has 0 atom stereocenters. The van der Waals surface area contributed by atoms with Crippen molar-refractivity contribution in [3.63, 3.8) is 0 Å². The predicted molar refractivity (Wildman–Crippen MR) is 74.6 cm³/mol. The molecule has 0 aromatic heterocycles. The monoisotopic (exact) mass is 250 g/mol. The van der Waals surface area contributed by atoms with E-state index in [1.54, 1.807) is 0 Å². The Balaban J connectivity index is 2.25. The number of hydrogen-bond acceptors (Lipinski definition) is 4. The Labute approximate surface area is 109 Å². The van der Waals surface area contributed by atoms with Crippen LogP contribution in [0.1, 0.15) is 26.7 Å². The van der Waals surface area contributed by atoms with E-state index in [0.29, 0.717) is 13.2 Å². The van der Waals surface area contributed by atoms with Gasteiger partial charge < -0.3 is 20.1 Å². The van der Waals surface area contributed by atoms with Crippen molar-refractivity contribution in [1.82, 2.24) is 0 Å². The number of nitrogens with two attached hydrogens (primary N) is 1. The number of hydrogen-bond donors (Lipinski definition) is 1. The number of nitrogens with zero attached hydrogens (tertiary/aromatic N) is 1. The van der Waals surface area contributed by atoms with Crippen LogP contribution in [0.5, 0.6) is 11.5 Å². The molecule has 2 rings (SSSR count). The molecule has 4 nitrogen and oxygen atoms in total. The summed E-state index contributed by atoms with van der Waals surface area (Å²) < 4.78 is 11.1. The number of fused-ring (bicyclic) bond motifs is 1. The zero-order valence-corrected chi connectivity index (χ0v) is 11.2. The Bertz CT molecular complexity index is 407. The van der Waals surface area contributed by atoms with Crippen LogP contribution in [0.15, 0.2) is 12.1 Å². The van der Waals surface area contributed by atoms with Crippen molar-refractivity contribution in [3.8, 4) is 11.5 Å². The summed E-state index contributed by atoms with van der Waals surface area (Å²) in [7, 11) is 0. The fourth-order valence-corrected chi connectivity index (χ4v) is 2.17. The van der Waals surface area contributed by atoms with Crippen molar-refractivity contribution in [3.05, 3.63) is 12.1 Å². The smallest absolute Gasteiger partial charge is 0.163 e. The van der Waals surface area contributed by atoms with Crippen LogP contribution in [-0.2, 0) is 0 Å². The number of benzene rings is 1. The van der Waals surface area contributed by atoms with Crippen LogP contribution >= 0.6 is 0 Å². The van der Waals surface area contributed by atoms with E-state index in [-0.39, 0.29) is 0 Å². The molecule has 0 unspecified atom stereocenters. The maximum absolute atomic E-state index is 6.12. The number of anilines is 2. The quantitative estimate of drug-likeness (QED) is 0.816. The molecule has 1 aromatic carbocycles. The van der Waals surface area contributed by atoms with Crippen molar-refractivity contribution in [1.29, 1.82) is 0 Å². The highest BCUT2D eigenvalue weighted by molar-refractivity contribution is 5.73. The van der Waals surface area contributed by atoms with Crippen LogP contribution in [-0.4, -0.2) is 26.3 Å². The molecular weight excluding hydrogens is 228 g/mol. The van der Waals surface area contributed by atoms with Gasteiger partial charge >= 0.3 is 0 Å². The van der Waals surface area contributed by atoms with Gasteiger partial charge in [0.1, 0.15) is 13.2 Å². The molecule has 0 radical (unpaired) electrons. The van der Waals surface area contributed by atoms with Gasteiger partial charge in [-0.1, -0.05) is 13.3 Å². The van der Waals surface area contributed by atoms with Crippen molar-refractivity contribution in [2.75, 3.05) is 36.9 Å². The van der Waals surface area contributed by atoms with Crippen LogP contribution in [0.4, 0.5) is 11.4 Å². The summed E-state index contributed by atoms with van der Waals surface area (Å²) in [5.74, 6) is 1.56. The highest BCUT2D eigenvalue weighted by atomic mass is 16.6. The third kappa shape index (κ3) is 2.63. The van der Waals surface area contributed by atoms with Crippen LogP contribution in [0.2, 0.25) is 0 Å². The van der Waals surface area contributed by atoms with Gasteiger partial charge in [-0.25, -0.2) is 0 Å². The Hall–Kier alpha value is -1.58. The lowest BCUT2D eigenvalue weighted by Crippen LogP contribution is -2.25. The Morgan fingerprint density at radius 2 is 1.83 bits per heavy atom. The number of rotatable bonds is 5. The fourth-order valence-electron chi connectivity index (χ4n) is 2.17. The predicted octanol–water partition coefficient (Wildman–Crippen LogP) is 2.67. The van der Waals surface area contributed by atoms with E-state index < -0.39 is 0 Å². The van der Waals surface area contributed by atoms with Gasteiger partial charge in [0.05, 0.1) is 11.4 Å². The van der Waals surface area contributed by atoms with E-state index in [1.807, 2.05) is 12.1 Å². The summed E-state index contributed by atoms with van der Waals surface area (Å²) in [6.45, 7) is 7.52. The van der Waals surface area contributed by atoms with Crippen molar-refractivity contribution in [2.24, 2.45) is 0 Å². The largest absolute Gasteiger partial charge is 0.486 e. The van der Waals surface area contributed by atoms with Gasteiger partial charge in [0.15, 0.2) is 11.5 Å². The molecule has 4 heteroatoms. The highest BCUT2D eigenvalue weighted by Crippen LogP contribution is 2.38. The standard InChI is InChI=1S/C14H22N2O2/c1-3-5-6-16(4-2)12-10-14-13(9-11(12)15)17-7-8-18-14/h9-10H,3-8,15H2,1-2H3. The fraction of sp³-hybridized carbons (Fsp3) is 0.571. The van der Waals surface area contributed by atoms with Crippen molar-refractivity contribution in [2.45, 2.75) is 26.7 Å². The maximum Gasteiger partial charge on any atom is 0.163 e. The minimum Gasteiger partial charge on any atom is -0.486 e. The molecule has 1 aliphatic rings. The molecule has 0 amide bonds. The van der Waals surface area contributed by atoms with Crippen molar-refractivity contribution >= 4 is 11.4 Å². The molecule has 18 heavy (non-hydrogen) atoms. The molecule has 0 saturated carbocycles. The maximum atomic E-state index is 6.12. The molecular formula is C14H22N2O2. The zero-order valence-electron chi connectivity index (χ0n) is 11.2. The Morgan fingerprint density at radius 3 is 2.44 bits per heavy atom. The second kappa shape index (κ2) is 5.85. The summed E-state index contributed by atoms with van der Waals surface area (Å²) in [5, 5.41) is 0. The van der Waals surface area contributed by atoms with Gasteiger partial charge in [-0.3, -0.25) is 0 Å². The van der Waals surface area contributed by atoms with Crippen LogP contribution in [0.25, 0.3) is 0 Å². The number of nitrogen functional groups attached to an aromatic ring is 1. The van der Waals surface area contributed by atoms with Crippen molar-refractivity contribution < 1.29 is 9.47 Å². The van der Waals surface area contributed by atoms with Gasteiger partial charge in [-0.2, -0.15) is 0 Å². The van der Waals surface area contributed by atoms with Crippen LogP contribution in [0.3, 0.4) is 0 Å². The lowest BCUT2D eigenvalue weighted by molar-refractivity contribution is 0.172. The van der Waals surface area contributed by atoms with Crippen LogP contribution < -0.4 is 20.1 Å². The first-order valence-corrected chi connectivity index (χ1v) is 6.70. The SMILES string of the molecule is CCCCN(CC)c1cc2c(cc1N)OCCO2. The molecule has 1 heterocycles. The molecule has 0 fully saturated rings. The highest BCUT2D eigenvalue weighted by Gasteiger charge is 2.17. The number of ether oxygens (including phenoxy) is 2.